The van der Waals surface area contributed by atoms with Crippen molar-refractivity contribution in [3.05, 3.63) is 0 Å². The van der Waals surface area contributed by atoms with Crippen molar-refractivity contribution >= 4 is 17.9 Å². The number of hydrogen-bond donors (Lipinski definition) is 4. The third kappa shape index (κ3) is 1.75. The van der Waals surface area contributed by atoms with Gasteiger partial charge in [-0.25, -0.2) is 0 Å². The van der Waals surface area contributed by atoms with Crippen molar-refractivity contribution in [2.45, 2.75) is 6.42 Å². The van der Waals surface area contributed by atoms with Crippen molar-refractivity contribution in [3.8, 4) is 0 Å². The first-order chi connectivity index (χ1) is 5.89. The van der Waals surface area contributed by atoms with Gasteiger partial charge in [0.05, 0.1) is 0 Å². The molecule has 0 fully saturated rings. The molecule has 0 aliphatic carbocycles. The van der Waals surface area contributed by atoms with Gasteiger partial charge >= 0.3 is 17.9 Å². The maximum absolute atomic E-state index is 10.5. The molecule has 7 heteroatoms. The highest BCUT2D eigenvalue weighted by atomic mass is 16.4. The summed E-state index contributed by atoms with van der Waals surface area (Å²) in [4.78, 5) is 31.4. The molecule has 0 amide bonds. The molecule has 7 nitrogen and oxygen atoms in total. The molecule has 0 saturated carbocycles. The Labute approximate surface area is 72.8 Å². The fourth-order valence-electron chi connectivity index (χ4n) is 0.812. The Balaban J connectivity index is 5.18. The molecular weight excluding hydrogens is 182 g/mol. The van der Waals surface area contributed by atoms with Gasteiger partial charge in [0.1, 0.15) is 0 Å². The molecule has 0 aromatic rings. The highest BCUT2D eigenvalue weighted by molar-refractivity contribution is 6.16. The molecule has 5 N–H and O–H groups in total. The molecule has 0 saturated heterocycles. The zero-order chi connectivity index (χ0) is 10.6. The molecule has 0 aromatic carbocycles. The second kappa shape index (κ2) is 3.85. The summed E-state index contributed by atoms with van der Waals surface area (Å²) < 4.78 is 0. The maximum atomic E-state index is 10.5. The molecule has 0 bridgehead atoms. The number of carbonyl (C=O) groups is 3. The van der Waals surface area contributed by atoms with Crippen molar-refractivity contribution in [1.29, 1.82) is 0 Å². The first-order valence-electron chi connectivity index (χ1n) is 3.29. The van der Waals surface area contributed by atoms with E-state index in [0.29, 0.717) is 0 Å². The summed E-state index contributed by atoms with van der Waals surface area (Å²) in [5.41, 5.74) is 2.11. The number of hydrogen-bond acceptors (Lipinski definition) is 4. The van der Waals surface area contributed by atoms with Gasteiger partial charge in [-0.2, -0.15) is 0 Å². The van der Waals surface area contributed by atoms with Crippen LogP contribution in [0.1, 0.15) is 6.42 Å². The van der Waals surface area contributed by atoms with Gasteiger partial charge in [-0.05, 0) is 13.0 Å². The summed E-state index contributed by atoms with van der Waals surface area (Å²) in [6.45, 7) is -0.328. The van der Waals surface area contributed by atoms with E-state index >= 15 is 0 Å². The monoisotopic (exact) mass is 191 g/mol. The topological polar surface area (TPSA) is 138 Å². The maximum Gasteiger partial charge on any atom is 0.332 e. The Hall–Kier alpha value is -1.63. The molecule has 0 spiro atoms. The SMILES string of the molecule is NCCC(C(=O)O)(C(=O)O)C(=O)O. The molecule has 0 rings (SSSR count). The van der Waals surface area contributed by atoms with Gasteiger partial charge in [0, 0.05) is 0 Å². The van der Waals surface area contributed by atoms with Crippen LogP contribution in [0.25, 0.3) is 0 Å². The summed E-state index contributed by atoms with van der Waals surface area (Å²) in [6, 6.07) is 0. The number of nitrogens with two attached hydrogens (primary N) is 1. The number of carboxylic acids is 3. The molecule has 0 aliphatic heterocycles. The summed E-state index contributed by atoms with van der Waals surface area (Å²) >= 11 is 0. The van der Waals surface area contributed by atoms with Crippen molar-refractivity contribution in [2.24, 2.45) is 11.1 Å². The summed E-state index contributed by atoms with van der Waals surface area (Å²) in [6.07, 6.45) is -0.646. The van der Waals surface area contributed by atoms with Crippen LogP contribution in [0.4, 0.5) is 0 Å². The number of aliphatic carboxylic acids is 3. The predicted octanol–water partition coefficient (Wildman–Crippen LogP) is -1.42. The second-order valence-electron chi connectivity index (χ2n) is 2.36. The Morgan fingerprint density at radius 1 is 1.00 bits per heavy atom. The Bertz CT molecular complexity index is 211. The minimum Gasteiger partial charge on any atom is -0.480 e. The van der Waals surface area contributed by atoms with E-state index in [1.165, 1.54) is 0 Å². The van der Waals surface area contributed by atoms with Crippen LogP contribution in [0.5, 0.6) is 0 Å². The minimum absolute atomic E-state index is 0.328. The summed E-state index contributed by atoms with van der Waals surface area (Å²) in [5, 5.41) is 25.4. The van der Waals surface area contributed by atoms with E-state index in [-0.39, 0.29) is 6.54 Å². The van der Waals surface area contributed by atoms with Crippen molar-refractivity contribution in [3.63, 3.8) is 0 Å². The third-order valence-electron chi connectivity index (χ3n) is 1.61. The fourth-order valence-corrected chi connectivity index (χ4v) is 0.812. The lowest BCUT2D eigenvalue weighted by atomic mass is 9.85. The molecular formula is C6H9NO6. The first kappa shape index (κ1) is 11.4. The molecule has 0 aromatic heterocycles. The van der Waals surface area contributed by atoms with Gasteiger partial charge in [-0.1, -0.05) is 0 Å². The van der Waals surface area contributed by atoms with E-state index in [2.05, 4.69) is 0 Å². The van der Waals surface area contributed by atoms with E-state index in [9.17, 15) is 14.4 Å². The summed E-state index contributed by atoms with van der Waals surface area (Å²) in [7, 11) is 0. The highest BCUT2D eigenvalue weighted by Crippen LogP contribution is 2.22. The molecule has 0 unspecified atom stereocenters. The fraction of sp³-hybridized carbons (Fsp3) is 0.500. The van der Waals surface area contributed by atoms with Crippen LogP contribution in [0.3, 0.4) is 0 Å². The number of carboxylic acid groups (broad SMARTS) is 3. The molecule has 0 aliphatic rings. The van der Waals surface area contributed by atoms with Gasteiger partial charge in [0.2, 0.25) is 0 Å². The van der Waals surface area contributed by atoms with E-state index in [0.717, 1.165) is 0 Å². The molecule has 13 heavy (non-hydrogen) atoms. The number of rotatable bonds is 5. The van der Waals surface area contributed by atoms with Crippen LogP contribution in [0, 0.1) is 5.41 Å². The van der Waals surface area contributed by atoms with Crippen molar-refractivity contribution < 1.29 is 29.7 Å². The lowest BCUT2D eigenvalue weighted by Gasteiger charge is -2.18. The first-order valence-corrected chi connectivity index (χ1v) is 3.29. The lowest BCUT2D eigenvalue weighted by molar-refractivity contribution is -0.175. The molecule has 0 heterocycles. The lowest BCUT2D eigenvalue weighted by Crippen LogP contribution is -2.47. The predicted molar refractivity (Wildman–Crippen MR) is 39.0 cm³/mol. The average Bonchev–Trinajstić information content (AvgIpc) is 1.97. The van der Waals surface area contributed by atoms with Gasteiger partial charge < -0.3 is 21.1 Å². The molecule has 74 valence electrons. The third-order valence-corrected chi connectivity index (χ3v) is 1.61. The molecule has 0 atom stereocenters. The van der Waals surface area contributed by atoms with E-state index in [1.54, 1.807) is 0 Å². The van der Waals surface area contributed by atoms with E-state index < -0.39 is 29.7 Å². The van der Waals surface area contributed by atoms with Crippen LogP contribution in [-0.4, -0.2) is 39.8 Å². The van der Waals surface area contributed by atoms with Crippen LogP contribution in [0.2, 0.25) is 0 Å². The van der Waals surface area contributed by atoms with Crippen molar-refractivity contribution in [2.75, 3.05) is 6.54 Å². The average molecular weight is 191 g/mol. The smallest absolute Gasteiger partial charge is 0.332 e. The minimum atomic E-state index is -2.82. The Kier molecular flexibility index (Phi) is 3.37. The zero-order valence-electron chi connectivity index (χ0n) is 6.56. The van der Waals surface area contributed by atoms with Gasteiger partial charge in [0.15, 0.2) is 0 Å². The largest absolute Gasteiger partial charge is 0.480 e. The Morgan fingerprint density at radius 2 is 1.31 bits per heavy atom. The quantitative estimate of drug-likeness (QED) is 0.391. The van der Waals surface area contributed by atoms with Crippen LogP contribution < -0.4 is 5.73 Å². The van der Waals surface area contributed by atoms with E-state index in [4.69, 9.17) is 21.1 Å². The van der Waals surface area contributed by atoms with Gasteiger partial charge in [0.25, 0.3) is 5.41 Å². The molecule has 0 radical (unpaired) electrons. The van der Waals surface area contributed by atoms with Crippen LogP contribution in [-0.2, 0) is 14.4 Å². The van der Waals surface area contributed by atoms with Gasteiger partial charge in [-0.15, -0.1) is 0 Å². The zero-order valence-corrected chi connectivity index (χ0v) is 6.56. The van der Waals surface area contributed by atoms with Crippen LogP contribution in [0.15, 0.2) is 0 Å². The highest BCUT2D eigenvalue weighted by Gasteiger charge is 2.53. The Morgan fingerprint density at radius 3 is 1.38 bits per heavy atom. The second-order valence-corrected chi connectivity index (χ2v) is 2.36. The standard InChI is InChI=1S/C6H9NO6/c7-2-1-6(3(8)9,4(10)11)5(12)13/h1-2,7H2,(H,8,9)(H,10,11)(H,12,13). The van der Waals surface area contributed by atoms with E-state index in [1.807, 2.05) is 0 Å². The summed E-state index contributed by atoms with van der Waals surface area (Å²) in [5.74, 6) is -5.76. The van der Waals surface area contributed by atoms with Gasteiger partial charge in [-0.3, -0.25) is 14.4 Å². The normalized spacial score (nSPS) is 10.8. The van der Waals surface area contributed by atoms with Crippen molar-refractivity contribution in [1.82, 2.24) is 0 Å². The van der Waals surface area contributed by atoms with Crippen LogP contribution >= 0.6 is 0 Å².